The lowest BCUT2D eigenvalue weighted by Crippen LogP contribution is -2.46. The Hall–Kier alpha value is -3.18. The van der Waals surface area contributed by atoms with E-state index in [4.69, 9.17) is 5.11 Å². The molecule has 7 nitrogen and oxygen atoms in total. The number of aliphatic carboxylic acids is 1. The smallest absolute Gasteiger partial charge is 0.303 e. The Balaban J connectivity index is 1.65. The quantitative estimate of drug-likeness (QED) is 0.217. The van der Waals surface area contributed by atoms with Crippen LogP contribution in [0.3, 0.4) is 0 Å². The highest BCUT2D eigenvalue weighted by Gasteiger charge is 2.26. The van der Waals surface area contributed by atoms with E-state index in [1.807, 2.05) is 32.0 Å². The van der Waals surface area contributed by atoms with Gasteiger partial charge in [-0.3, -0.25) is 4.79 Å². The number of sulfonamides is 1. The van der Waals surface area contributed by atoms with Gasteiger partial charge in [-0.15, -0.1) is 0 Å². The van der Waals surface area contributed by atoms with Crippen LogP contribution in [0.2, 0.25) is 0 Å². The van der Waals surface area contributed by atoms with Gasteiger partial charge in [0.25, 0.3) is 0 Å². The number of carbonyl (C=O) groups is 1. The molecule has 0 heterocycles. The molecule has 0 aliphatic rings. The molecule has 1 unspecified atom stereocenters. The number of rotatable bonds is 15. The molecule has 0 spiro atoms. The van der Waals surface area contributed by atoms with Gasteiger partial charge in [0.15, 0.2) is 0 Å². The Kier molecular flexibility index (Phi) is 11.4. The van der Waals surface area contributed by atoms with Crippen molar-refractivity contribution in [3.63, 3.8) is 0 Å². The molecule has 0 saturated carbocycles. The number of halogens is 2. The van der Waals surface area contributed by atoms with E-state index in [1.165, 1.54) is 30.8 Å². The van der Waals surface area contributed by atoms with Gasteiger partial charge >= 0.3 is 5.97 Å². The van der Waals surface area contributed by atoms with E-state index in [-0.39, 0.29) is 47.5 Å². The van der Waals surface area contributed by atoms with Crippen molar-refractivity contribution >= 4 is 16.0 Å². The van der Waals surface area contributed by atoms with Crippen molar-refractivity contribution in [1.29, 1.82) is 0 Å². The van der Waals surface area contributed by atoms with Crippen molar-refractivity contribution in [2.75, 3.05) is 20.1 Å². The topological polar surface area (TPSA) is 107 Å². The summed E-state index contributed by atoms with van der Waals surface area (Å²) in [6.45, 7) is 5.77. The number of nitrogens with zero attached hydrogens (tertiary/aromatic N) is 1. The zero-order valence-corrected chi connectivity index (χ0v) is 25.3. The molecule has 10 heteroatoms. The predicted molar refractivity (Wildman–Crippen MR) is 160 cm³/mol. The molecule has 228 valence electrons. The first kappa shape index (κ1) is 33.3. The van der Waals surface area contributed by atoms with E-state index in [1.54, 1.807) is 6.92 Å². The van der Waals surface area contributed by atoms with Crippen molar-refractivity contribution in [3.8, 4) is 11.1 Å². The Morgan fingerprint density at radius 2 is 1.74 bits per heavy atom. The molecule has 0 aliphatic carbocycles. The third-order valence-electron chi connectivity index (χ3n) is 7.31. The first-order chi connectivity index (χ1) is 19.7. The lowest BCUT2D eigenvalue weighted by atomic mass is 9.93. The van der Waals surface area contributed by atoms with E-state index in [0.29, 0.717) is 11.1 Å². The number of carboxylic acids is 1. The van der Waals surface area contributed by atoms with Crippen LogP contribution in [0.25, 0.3) is 11.1 Å². The van der Waals surface area contributed by atoms with Crippen LogP contribution in [-0.2, 0) is 27.7 Å². The molecule has 3 rings (SSSR count). The standard InChI is InChI=1S/C32H40F2N2O5S/c1-22-17-27(13-14-28(22)31-24(12-15-30(38)39)18-25(33)19-29(31)34)42(40,41)36(4)21-26(37)20-35-32(2,3)16-8-11-23-9-6-5-7-10-23/h5-7,9-10,13-14,17-19,26,35,37H,8,11-12,15-16,20-21H2,1-4H3,(H,38,39). The SMILES string of the molecule is Cc1cc(S(=O)(=O)N(C)CC(O)CNC(C)(C)CCCc2ccccc2)ccc1-c1c(F)cc(F)cc1CCC(=O)O. The summed E-state index contributed by atoms with van der Waals surface area (Å²) in [5.74, 6) is -2.78. The van der Waals surface area contributed by atoms with E-state index < -0.39 is 33.7 Å². The Labute approximate surface area is 247 Å². The van der Waals surface area contributed by atoms with Gasteiger partial charge in [0.1, 0.15) is 11.6 Å². The maximum absolute atomic E-state index is 14.9. The molecule has 3 aromatic rings. The highest BCUT2D eigenvalue weighted by atomic mass is 32.2. The minimum Gasteiger partial charge on any atom is -0.481 e. The summed E-state index contributed by atoms with van der Waals surface area (Å²) < 4.78 is 56.5. The number of aliphatic hydroxyl groups excluding tert-OH is 1. The molecule has 42 heavy (non-hydrogen) atoms. The highest BCUT2D eigenvalue weighted by molar-refractivity contribution is 7.89. The van der Waals surface area contributed by atoms with Gasteiger partial charge in [-0.2, -0.15) is 4.31 Å². The van der Waals surface area contributed by atoms with Gasteiger partial charge in [0, 0.05) is 43.7 Å². The minimum atomic E-state index is -3.99. The second kappa shape index (κ2) is 14.3. The fraction of sp³-hybridized carbons (Fsp3) is 0.406. The Morgan fingerprint density at radius 1 is 1.05 bits per heavy atom. The number of aryl methyl sites for hydroxylation is 3. The number of benzene rings is 3. The van der Waals surface area contributed by atoms with Crippen LogP contribution in [0, 0.1) is 18.6 Å². The molecule has 0 saturated heterocycles. The van der Waals surface area contributed by atoms with Gasteiger partial charge in [0.05, 0.1) is 11.0 Å². The third kappa shape index (κ3) is 9.16. The normalized spacial score (nSPS) is 13.0. The van der Waals surface area contributed by atoms with Gasteiger partial charge in [-0.05, 0) is 86.9 Å². The maximum Gasteiger partial charge on any atom is 0.303 e. The van der Waals surface area contributed by atoms with E-state index in [2.05, 4.69) is 17.4 Å². The molecule has 3 aromatic carbocycles. The summed E-state index contributed by atoms with van der Waals surface area (Å²) in [5.41, 5.74) is 2.01. The molecule has 0 fully saturated rings. The zero-order valence-electron chi connectivity index (χ0n) is 24.5. The molecule has 0 amide bonds. The van der Waals surface area contributed by atoms with Crippen LogP contribution in [0.4, 0.5) is 8.78 Å². The zero-order chi connectivity index (χ0) is 31.1. The van der Waals surface area contributed by atoms with Crippen LogP contribution in [0.15, 0.2) is 65.6 Å². The molecule has 0 bridgehead atoms. The third-order valence-corrected chi connectivity index (χ3v) is 9.13. The number of likely N-dealkylation sites (N-methyl/N-ethyl adjacent to an activating group) is 1. The van der Waals surface area contributed by atoms with Crippen molar-refractivity contribution in [1.82, 2.24) is 9.62 Å². The molecule has 0 radical (unpaired) electrons. The van der Waals surface area contributed by atoms with Gasteiger partial charge < -0.3 is 15.5 Å². The summed E-state index contributed by atoms with van der Waals surface area (Å²) in [6, 6.07) is 16.2. The van der Waals surface area contributed by atoms with Crippen molar-refractivity contribution in [3.05, 3.63) is 89.0 Å². The number of hydrogen-bond acceptors (Lipinski definition) is 5. The Morgan fingerprint density at radius 3 is 2.38 bits per heavy atom. The van der Waals surface area contributed by atoms with Crippen molar-refractivity contribution < 1.29 is 32.2 Å². The fourth-order valence-corrected chi connectivity index (χ4v) is 6.24. The Bertz CT molecular complexity index is 1480. The number of carboxylic acid groups (broad SMARTS) is 1. The lowest BCUT2D eigenvalue weighted by molar-refractivity contribution is -0.136. The molecule has 3 N–H and O–H groups in total. The second-order valence-electron chi connectivity index (χ2n) is 11.3. The molecular weight excluding hydrogens is 562 g/mol. The number of β-amino-alcohol motifs (C(OH)–C–C–N with tert-alkyl or cyclic N) is 1. The monoisotopic (exact) mass is 602 g/mol. The van der Waals surface area contributed by atoms with Crippen molar-refractivity contribution in [2.45, 2.75) is 69.4 Å². The van der Waals surface area contributed by atoms with Gasteiger partial charge in [-0.25, -0.2) is 17.2 Å². The molecule has 0 aliphatic heterocycles. The van der Waals surface area contributed by atoms with Crippen LogP contribution in [-0.4, -0.2) is 60.7 Å². The predicted octanol–water partition coefficient (Wildman–Crippen LogP) is 5.33. The summed E-state index contributed by atoms with van der Waals surface area (Å²) in [5, 5.41) is 23.0. The van der Waals surface area contributed by atoms with Crippen LogP contribution in [0.1, 0.15) is 49.8 Å². The first-order valence-electron chi connectivity index (χ1n) is 13.9. The van der Waals surface area contributed by atoms with Crippen LogP contribution >= 0.6 is 0 Å². The summed E-state index contributed by atoms with van der Waals surface area (Å²) in [6.07, 6.45) is 1.44. The lowest BCUT2D eigenvalue weighted by Gasteiger charge is -2.29. The van der Waals surface area contributed by atoms with E-state index in [9.17, 15) is 27.1 Å². The van der Waals surface area contributed by atoms with Gasteiger partial charge in [-0.1, -0.05) is 36.4 Å². The minimum absolute atomic E-state index is 0.0396. The average molecular weight is 603 g/mol. The van der Waals surface area contributed by atoms with Crippen LogP contribution < -0.4 is 5.32 Å². The molecular formula is C32H40F2N2O5S. The van der Waals surface area contributed by atoms with E-state index >= 15 is 0 Å². The summed E-state index contributed by atoms with van der Waals surface area (Å²) in [4.78, 5) is 11.0. The second-order valence-corrected chi connectivity index (χ2v) is 13.4. The number of aliphatic hydroxyl groups is 1. The molecule has 0 aromatic heterocycles. The molecule has 1 atom stereocenters. The van der Waals surface area contributed by atoms with Crippen LogP contribution in [0.5, 0.6) is 0 Å². The maximum atomic E-state index is 14.9. The average Bonchev–Trinajstić information content (AvgIpc) is 2.91. The fourth-order valence-electron chi connectivity index (χ4n) is 4.95. The van der Waals surface area contributed by atoms with Gasteiger partial charge in [0.2, 0.25) is 10.0 Å². The summed E-state index contributed by atoms with van der Waals surface area (Å²) in [7, 11) is -2.60. The first-order valence-corrected chi connectivity index (χ1v) is 15.4. The number of hydrogen-bond donors (Lipinski definition) is 3. The highest BCUT2D eigenvalue weighted by Crippen LogP contribution is 2.33. The van der Waals surface area contributed by atoms with E-state index in [0.717, 1.165) is 35.7 Å². The summed E-state index contributed by atoms with van der Waals surface area (Å²) >= 11 is 0. The van der Waals surface area contributed by atoms with Crippen molar-refractivity contribution in [2.24, 2.45) is 0 Å². The number of nitrogens with one attached hydrogen (secondary N) is 1. The largest absolute Gasteiger partial charge is 0.481 e.